The summed E-state index contributed by atoms with van der Waals surface area (Å²) < 4.78 is 23.7. The second kappa shape index (κ2) is 9.86. The van der Waals surface area contributed by atoms with Gasteiger partial charge in [-0.15, -0.1) is 0 Å². The molecule has 5 atom stereocenters. The van der Waals surface area contributed by atoms with E-state index in [2.05, 4.69) is 13.8 Å². The van der Waals surface area contributed by atoms with Gasteiger partial charge in [-0.05, 0) is 42.6 Å². The Hall–Kier alpha value is -1.02. The van der Waals surface area contributed by atoms with Crippen molar-refractivity contribution in [2.24, 2.45) is 16.7 Å². The number of methoxy groups -OCH3 is 1. The zero-order chi connectivity index (χ0) is 22.7. The van der Waals surface area contributed by atoms with Gasteiger partial charge in [-0.25, -0.2) is 0 Å². The highest BCUT2D eigenvalue weighted by molar-refractivity contribution is 5.14. The maximum Gasteiger partial charge on any atom is 0.147 e. The van der Waals surface area contributed by atoms with E-state index in [1.54, 1.807) is 7.11 Å². The van der Waals surface area contributed by atoms with E-state index in [-0.39, 0.29) is 37.1 Å². The fraction of sp³-hybridized carbons (Fsp3) is 0.760. The quantitative estimate of drug-likeness (QED) is 0.476. The van der Waals surface area contributed by atoms with Crippen molar-refractivity contribution in [3.05, 3.63) is 35.9 Å². The largest absolute Gasteiger partial charge is 0.390 e. The van der Waals surface area contributed by atoms with Crippen molar-refractivity contribution in [3.8, 4) is 0 Å². The molecular formula is C25H40O6. The number of hydrogen-bond acceptors (Lipinski definition) is 6. The first-order valence-corrected chi connectivity index (χ1v) is 11.4. The molecule has 1 aromatic rings. The number of hydrogen-bond donors (Lipinski definition) is 2. The molecule has 176 valence electrons. The minimum atomic E-state index is -1.14. The van der Waals surface area contributed by atoms with Crippen LogP contribution in [-0.4, -0.2) is 54.8 Å². The molecule has 31 heavy (non-hydrogen) atoms. The van der Waals surface area contributed by atoms with E-state index < -0.39 is 17.1 Å². The average Bonchev–Trinajstić information content (AvgIpc) is 2.98. The van der Waals surface area contributed by atoms with Gasteiger partial charge in [0.25, 0.3) is 0 Å². The Morgan fingerprint density at radius 3 is 2.35 bits per heavy atom. The Bertz CT molecular complexity index is 691. The molecule has 0 aromatic heterocycles. The minimum Gasteiger partial charge on any atom is -0.390 e. The lowest BCUT2D eigenvalue weighted by molar-refractivity contribution is -0.219. The van der Waals surface area contributed by atoms with E-state index in [4.69, 9.17) is 18.9 Å². The van der Waals surface area contributed by atoms with Gasteiger partial charge in [0.05, 0.1) is 30.5 Å². The first-order chi connectivity index (χ1) is 14.6. The third-order valence-corrected chi connectivity index (χ3v) is 7.78. The predicted molar refractivity (Wildman–Crippen MR) is 118 cm³/mol. The van der Waals surface area contributed by atoms with Crippen molar-refractivity contribution in [1.29, 1.82) is 0 Å². The number of benzene rings is 1. The second-order valence-corrected chi connectivity index (χ2v) is 10.4. The van der Waals surface area contributed by atoms with Gasteiger partial charge >= 0.3 is 0 Å². The van der Waals surface area contributed by atoms with Crippen LogP contribution in [0.1, 0.15) is 58.9 Å². The Labute approximate surface area is 186 Å². The van der Waals surface area contributed by atoms with Crippen molar-refractivity contribution in [2.75, 3.05) is 20.7 Å². The highest BCUT2D eigenvalue weighted by Gasteiger charge is 2.62. The van der Waals surface area contributed by atoms with Crippen molar-refractivity contribution in [3.63, 3.8) is 0 Å². The number of aliphatic hydroxyl groups is 2. The number of aliphatic hydroxyl groups excluding tert-OH is 1. The smallest absolute Gasteiger partial charge is 0.147 e. The Morgan fingerprint density at radius 1 is 0.968 bits per heavy atom. The van der Waals surface area contributed by atoms with Gasteiger partial charge in [0, 0.05) is 12.5 Å². The number of ether oxygens (including phenoxy) is 4. The molecular weight excluding hydrogens is 396 g/mol. The van der Waals surface area contributed by atoms with Crippen LogP contribution in [0.5, 0.6) is 0 Å². The molecule has 0 spiro atoms. The van der Waals surface area contributed by atoms with Crippen LogP contribution in [0, 0.1) is 16.7 Å². The monoisotopic (exact) mass is 436 g/mol. The molecule has 6 heteroatoms. The van der Waals surface area contributed by atoms with Crippen LogP contribution in [0.15, 0.2) is 30.3 Å². The molecule has 2 unspecified atom stereocenters. The van der Waals surface area contributed by atoms with Gasteiger partial charge < -0.3 is 29.2 Å². The van der Waals surface area contributed by atoms with Gasteiger partial charge in [-0.2, -0.15) is 0 Å². The number of fused-ring (bicyclic) bond motifs is 2. The Morgan fingerprint density at radius 2 is 1.68 bits per heavy atom. The zero-order valence-corrected chi connectivity index (χ0v) is 19.7. The summed E-state index contributed by atoms with van der Waals surface area (Å²) in [4.78, 5) is 0. The van der Waals surface area contributed by atoms with Crippen LogP contribution in [0.2, 0.25) is 0 Å². The fourth-order valence-electron chi connectivity index (χ4n) is 5.62. The van der Waals surface area contributed by atoms with E-state index >= 15 is 0 Å². The molecule has 6 nitrogen and oxygen atoms in total. The van der Waals surface area contributed by atoms with Crippen molar-refractivity contribution in [1.82, 2.24) is 0 Å². The van der Waals surface area contributed by atoms with Crippen LogP contribution in [-0.2, 0) is 25.6 Å². The molecule has 2 saturated carbocycles. The fourth-order valence-corrected chi connectivity index (χ4v) is 5.62. The van der Waals surface area contributed by atoms with Crippen LogP contribution < -0.4 is 0 Å². The third-order valence-electron chi connectivity index (χ3n) is 7.78. The Balaban J connectivity index is 1.82. The molecule has 3 rings (SSSR count). The van der Waals surface area contributed by atoms with Crippen LogP contribution in [0.3, 0.4) is 0 Å². The van der Waals surface area contributed by atoms with Gasteiger partial charge in [0.15, 0.2) is 0 Å². The summed E-state index contributed by atoms with van der Waals surface area (Å²) in [5, 5.41) is 22.4. The van der Waals surface area contributed by atoms with Crippen LogP contribution in [0.4, 0.5) is 0 Å². The molecule has 0 saturated heterocycles. The topological polar surface area (TPSA) is 77.4 Å². The normalized spacial score (nSPS) is 34.7. The highest BCUT2D eigenvalue weighted by Crippen LogP contribution is 2.57. The summed E-state index contributed by atoms with van der Waals surface area (Å²) in [5.41, 5.74) is -0.859. The average molecular weight is 437 g/mol. The molecule has 2 fully saturated rings. The standard InChI is InChI=1S/C25H40O6/c1-23(2)13-12-20(26)25(27)14-11-19(24(25,3)4)21(30-16-28-5)22(23)31-17-29-15-18-9-7-6-8-10-18/h6-10,19-22,26-27H,11-17H2,1-5H3/t19?,20-,21+,22+,25?/m0/s1. The molecule has 0 heterocycles. The van der Waals surface area contributed by atoms with Crippen molar-refractivity contribution < 1.29 is 29.2 Å². The van der Waals surface area contributed by atoms with E-state index in [1.807, 2.05) is 44.2 Å². The first-order valence-electron chi connectivity index (χ1n) is 11.4. The van der Waals surface area contributed by atoms with Gasteiger partial charge in [0.1, 0.15) is 13.6 Å². The highest BCUT2D eigenvalue weighted by atomic mass is 16.7. The summed E-state index contributed by atoms with van der Waals surface area (Å²) in [5.74, 6) is 0.0128. The maximum atomic E-state index is 11.5. The third kappa shape index (κ3) is 5.00. The molecule has 2 N–H and O–H groups in total. The van der Waals surface area contributed by atoms with Gasteiger partial charge in [-0.3, -0.25) is 0 Å². The summed E-state index contributed by atoms with van der Waals surface area (Å²) >= 11 is 0. The SMILES string of the molecule is COCO[C@@H]1C2CCC(O)([C@@H](O)CCC(C)(C)[C@@H]1OCOCc1ccccc1)C2(C)C. The van der Waals surface area contributed by atoms with Crippen LogP contribution in [0.25, 0.3) is 0 Å². The zero-order valence-electron chi connectivity index (χ0n) is 19.7. The predicted octanol–water partition coefficient (Wildman–Crippen LogP) is 3.88. The van der Waals surface area contributed by atoms with Gasteiger partial charge in [0.2, 0.25) is 0 Å². The lowest BCUT2D eigenvalue weighted by Crippen LogP contribution is -2.55. The molecule has 1 aromatic carbocycles. The molecule has 0 amide bonds. The molecule has 2 aliphatic carbocycles. The molecule has 0 aliphatic heterocycles. The Kier molecular flexibility index (Phi) is 7.83. The minimum absolute atomic E-state index is 0.0128. The number of rotatable bonds is 8. The van der Waals surface area contributed by atoms with E-state index in [0.717, 1.165) is 12.0 Å². The second-order valence-electron chi connectivity index (χ2n) is 10.4. The molecule has 0 radical (unpaired) electrons. The molecule has 2 bridgehead atoms. The van der Waals surface area contributed by atoms with E-state index in [9.17, 15) is 10.2 Å². The van der Waals surface area contributed by atoms with Crippen molar-refractivity contribution in [2.45, 2.75) is 83.9 Å². The summed E-state index contributed by atoms with van der Waals surface area (Å²) in [6.45, 7) is 9.14. The van der Waals surface area contributed by atoms with Gasteiger partial charge in [-0.1, -0.05) is 58.0 Å². The summed E-state index contributed by atoms with van der Waals surface area (Å²) in [7, 11) is 1.61. The van der Waals surface area contributed by atoms with Crippen LogP contribution >= 0.6 is 0 Å². The van der Waals surface area contributed by atoms with Crippen molar-refractivity contribution >= 4 is 0 Å². The summed E-state index contributed by atoms with van der Waals surface area (Å²) in [6.07, 6.45) is 1.20. The lowest BCUT2D eigenvalue weighted by Gasteiger charge is -2.46. The van der Waals surface area contributed by atoms with E-state index in [0.29, 0.717) is 25.9 Å². The van der Waals surface area contributed by atoms with E-state index in [1.165, 1.54) is 0 Å². The summed E-state index contributed by atoms with van der Waals surface area (Å²) in [6, 6.07) is 10.0. The molecule has 2 aliphatic rings. The first kappa shape index (κ1) is 24.6. The lowest BCUT2D eigenvalue weighted by atomic mass is 9.67. The maximum absolute atomic E-state index is 11.5.